The maximum Gasteiger partial charge on any atom is 0.277 e. The Bertz CT molecular complexity index is 1570. The minimum absolute atomic E-state index is 0.149. The molecule has 0 aliphatic carbocycles. The highest BCUT2D eigenvalue weighted by atomic mass is 16.5. The number of ether oxygens (including phenoxy) is 2. The molecule has 0 saturated heterocycles. The van der Waals surface area contributed by atoms with Gasteiger partial charge in [-0.3, -0.25) is 9.59 Å². The van der Waals surface area contributed by atoms with Crippen LogP contribution < -0.4 is 20.3 Å². The lowest BCUT2D eigenvalue weighted by Crippen LogP contribution is -2.24. The number of fused-ring (bicyclic) bond motifs is 2. The normalized spacial score (nSPS) is 11.2. The maximum atomic E-state index is 12.1. The van der Waals surface area contributed by atoms with Gasteiger partial charge in [-0.1, -0.05) is 84.9 Å². The second kappa shape index (κ2) is 12.8. The van der Waals surface area contributed by atoms with E-state index in [-0.39, 0.29) is 25.0 Å². The number of hydrogen-bond donors (Lipinski definition) is 2. The third-order valence-electron chi connectivity index (χ3n) is 5.92. The highest BCUT2D eigenvalue weighted by molar-refractivity contribution is 5.87. The third-order valence-corrected chi connectivity index (χ3v) is 5.92. The number of hydrazone groups is 2. The summed E-state index contributed by atoms with van der Waals surface area (Å²) in [5, 5.41) is 12.2. The lowest BCUT2D eigenvalue weighted by Gasteiger charge is -2.06. The molecule has 0 spiro atoms. The van der Waals surface area contributed by atoms with Crippen molar-refractivity contribution >= 4 is 45.8 Å². The molecular formula is C32H26N4O4. The summed E-state index contributed by atoms with van der Waals surface area (Å²) in [5.74, 6) is 0.495. The molecule has 198 valence electrons. The van der Waals surface area contributed by atoms with E-state index in [1.165, 1.54) is 12.4 Å². The van der Waals surface area contributed by atoms with Crippen LogP contribution in [0.3, 0.4) is 0 Å². The summed E-state index contributed by atoms with van der Waals surface area (Å²) in [7, 11) is 0. The van der Waals surface area contributed by atoms with E-state index in [0.717, 1.165) is 32.7 Å². The minimum Gasteiger partial charge on any atom is -0.484 e. The zero-order chi connectivity index (χ0) is 27.6. The van der Waals surface area contributed by atoms with Crippen molar-refractivity contribution < 1.29 is 19.1 Å². The van der Waals surface area contributed by atoms with E-state index < -0.39 is 0 Å². The summed E-state index contributed by atoms with van der Waals surface area (Å²) >= 11 is 0. The predicted octanol–water partition coefficient (Wildman–Crippen LogP) is 5.05. The topological polar surface area (TPSA) is 101 Å². The molecule has 40 heavy (non-hydrogen) atoms. The number of carbonyl (C=O) groups is 2. The van der Waals surface area contributed by atoms with Crippen molar-refractivity contribution in [2.24, 2.45) is 10.2 Å². The van der Waals surface area contributed by atoms with E-state index in [1.54, 1.807) is 0 Å². The van der Waals surface area contributed by atoms with E-state index >= 15 is 0 Å². The number of amides is 2. The van der Waals surface area contributed by atoms with E-state index in [0.29, 0.717) is 11.5 Å². The van der Waals surface area contributed by atoms with E-state index in [4.69, 9.17) is 9.47 Å². The van der Waals surface area contributed by atoms with Crippen LogP contribution in [0.4, 0.5) is 0 Å². The van der Waals surface area contributed by atoms with Gasteiger partial charge in [-0.15, -0.1) is 0 Å². The van der Waals surface area contributed by atoms with Crippen LogP contribution in [0.25, 0.3) is 21.5 Å². The molecular weight excluding hydrogens is 504 g/mol. The Morgan fingerprint density at radius 2 is 0.950 bits per heavy atom. The van der Waals surface area contributed by atoms with Gasteiger partial charge >= 0.3 is 0 Å². The number of nitrogens with one attached hydrogen (secondary N) is 2. The second-order valence-corrected chi connectivity index (χ2v) is 8.85. The van der Waals surface area contributed by atoms with Gasteiger partial charge in [-0.2, -0.15) is 10.2 Å². The fourth-order valence-electron chi connectivity index (χ4n) is 3.90. The predicted molar refractivity (Wildman–Crippen MR) is 157 cm³/mol. The van der Waals surface area contributed by atoms with E-state index in [9.17, 15) is 9.59 Å². The Kier molecular flexibility index (Phi) is 8.38. The molecule has 0 bridgehead atoms. The molecule has 2 N–H and O–H groups in total. The average molecular weight is 531 g/mol. The van der Waals surface area contributed by atoms with Gasteiger partial charge in [0.15, 0.2) is 13.2 Å². The molecule has 5 aromatic rings. The summed E-state index contributed by atoms with van der Waals surface area (Å²) in [6, 6.07) is 34.5. The molecule has 8 heteroatoms. The highest BCUT2D eigenvalue weighted by Gasteiger charge is 2.04. The number of hydrogen-bond acceptors (Lipinski definition) is 6. The first kappa shape index (κ1) is 26.1. The van der Waals surface area contributed by atoms with Gasteiger partial charge in [-0.25, -0.2) is 10.9 Å². The standard InChI is InChI=1S/C32H26N4O4/c37-31(21-39-29-15-13-25-5-1-3-7-27(25)17-29)35-33-19-23-9-11-24(12-10-23)20-34-36-32(38)22-40-30-16-14-26-6-2-4-8-28(26)18-30/h1-20H,21-22H2,(H,35,37)(H,36,38)/b33-19-,34-20-. The zero-order valence-corrected chi connectivity index (χ0v) is 21.5. The summed E-state index contributed by atoms with van der Waals surface area (Å²) in [6.45, 7) is -0.297. The number of carbonyl (C=O) groups excluding carboxylic acids is 2. The number of benzene rings is 5. The lowest BCUT2D eigenvalue weighted by molar-refractivity contribution is -0.123. The Balaban J connectivity index is 1.02. The van der Waals surface area contributed by atoms with Crippen molar-refractivity contribution in [2.75, 3.05) is 13.2 Å². The molecule has 0 fully saturated rings. The van der Waals surface area contributed by atoms with Crippen molar-refractivity contribution in [1.29, 1.82) is 0 Å². The van der Waals surface area contributed by atoms with Crippen molar-refractivity contribution in [3.63, 3.8) is 0 Å². The van der Waals surface area contributed by atoms with Crippen LogP contribution in [0.5, 0.6) is 11.5 Å². The lowest BCUT2D eigenvalue weighted by atomic mass is 10.1. The third kappa shape index (κ3) is 7.29. The summed E-state index contributed by atoms with van der Waals surface area (Å²) in [5.41, 5.74) is 6.46. The smallest absolute Gasteiger partial charge is 0.277 e. The van der Waals surface area contributed by atoms with Crippen molar-refractivity contribution in [1.82, 2.24) is 10.9 Å². The molecule has 0 heterocycles. The molecule has 0 aliphatic heterocycles. The van der Waals surface area contributed by atoms with Gasteiger partial charge < -0.3 is 9.47 Å². The number of rotatable bonds is 10. The van der Waals surface area contributed by atoms with Crippen molar-refractivity contribution in [3.8, 4) is 11.5 Å². The molecule has 0 radical (unpaired) electrons. The second-order valence-electron chi connectivity index (χ2n) is 8.85. The Labute approximate surface area is 230 Å². The summed E-state index contributed by atoms with van der Waals surface area (Å²) < 4.78 is 11.1. The Morgan fingerprint density at radius 1 is 0.550 bits per heavy atom. The average Bonchev–Trinajstić information content (AvgIpc) is 2.99. The van der Waals surface area contributed by atoms with Gasteiger partial charge in [0, 0.05) is 0 Å². The van der Waals surface area contributed by atoms with Crippen molar-refractivity contribution in [2.45, 2.75) is 0 Å². The largest absolute Gasteiger partial charge is 0.484 e. The fourth-order valence-corrected chi connectivity index (χ4v) is 3.90. The molecule has 2 amide bonds. The molecule has 5 rings (SSSR count). The van der Waals surface area contributed by atoms with Gasteiger partial charge in [0.2, 0.25) is 0 Å². The molecule has 0 aromatic heterocycles. The quantitative estimate of drug-likeness (QED) is 0.195. The maximum absolute atomic E-state index is 12.1. The van der Waals surface area contributed by atoms with Gasteiger partial charge in [0.25, 0.3) is 11.8 Å². The van der Waals surface area contributed by atoms with Crippen LogP contribution >= 0.6 is 0 Å². The van der Waals surface area contributed by atoms with Crippen molar-refractivity contribution in [3.05, 3.63) is 120 Å². The van der Waals surface area contributed by atoms with E-state index in [2.05, 4.69) is 21.1 Å². The molecule has 0 atom stereocenters. The molecule has 0 aliphatic rings. The first-order chi connectivity index (χ1) is 19.6. The van der Waals surface area contributed by atoms with Gasteiger partial charge in [-0.05, 0) is 56.9 Å². The van der Waals surface area contributed by atoms with Crippen LogP contribution in [-0.2, 0) is 9.59 Å². The minimum atomic E-state index is -0.367. The van der Waals surface area contributed by atoms with Crippen LogP contribution in [-0.4, -0.2) is 37.5 Å². The van der Waals surface area contributed by atoms with Gasteiger partial charge in [0.05, 0.1) is 12.4 Å². The molecule has 0 unspecified atom stereocenters. The van der Waals surface area contributed by atoms with Gasteiger partial charge in [0.1, 0.15) is 11.5 Å². The summed E-state index contributed by atoms with van der Waals surface area (Å²) in [4.78, 5) is 24.1. The first-order valence-corrected chi connectivity index (χ1v) is 12.6. The van der Waals surface area contributed by atoms with E-state index in [1.807, 2.05) is 109 Å². The molecule has 0 saturated carbocycles. The first-order valence-electron chi connectivity index (χ1n) is 12.6. The van der Waals surface area contributed by atoms with Crippen LogP contribution in [0.2, 0.25) is 0 Å². The molecule has 5 aromatic carbocycles. The van der Waals surface area contributed by atoms with Crippen LogP contribution in [0, 0.1) is 0 Å². The molecule has 8 nitrogen and oxygen atoms in total. The number of nitrogens with zero attached hydrogens (tertiary/aromatic N) is 2. The Hall–Kier alpha value is -5.50. The SMILES string of the molecule is O=C(COc1ccc2ccccc2c1)N/N=C\c1ccc(/C=N\NC(=O)COc2ccc3ccccc3c2)cc1. The van der Waals surface area contributed by atoms with Crippen LogP contribution in [0.1, 0.15) is 11.1 Å². The Morgan fingerprint density at radius 3 is 1.38 bits per heavy atom. The van der Waals surface area contributed by atoms with Crippen LogP contribution in [0.15, 0.2) is 119 Å². The monoisotopic (exact) mass is 530 g/mol. The fraction of sp³-hybridized carbons (Fsp3) is 0.0625. The highest BCUT2D eigenvalue weighted by Crippen LogP contribution is 2.21. The summed E-state index contributed by atoms with van der Waals surface area (Å²) in [6.07, 6.45) is 3.06. The zero-order valence-electron chi connectivity index (χ0n) is 21.5.